The van der Waals surface area contributed by atoms with Crippen molar-refractivity contribution in [1.82, 2.24) is 4.09 Å². The molecule has 0 atom stereocenters. The van der Waals surface area contributed by atoms with E-state index < -0.39 is 0 Å². The smallest absolute Gasteiger partial charge is 0.197 e. The first-order valence-electron chi connectivity index (χ1n) is 4.98. The third-order valence-electron chi connectivity index (χ3n) is 2.72. The predicted molar refractivity (Wildman–Crippen MR) is 67.0 cm³/mol. The topological polar surface area (TPSA) is 22.0 Å². The van der Waals surface area contributed by atoms with Crippen molar-refractivity contribution in [3.05, 3.63) is 58.8 Å². The van der Waals surface area contributed by atoms with Crippen LogP contribution in [0.4, 0.5) is 0 Å². The SMILES string of the molecule is O=c1c2ccccc2n(Cl)c2ccccc12. The van der Waals surface area contributed by atoms with Crippen LogP contribution in [0, 0.1) is 0 Å². The van der Waals surface area contributed by atoms with Crippen molar-refractivity contribution in [3.8, 4) is 0 Å². The quantitative estimate of drug-likeness (QED) is 0.543. The highest BCUT2D eigenvalue weighted by Gasteiger charge is 2.07. The van der Waals surface area contributed by atoms with Crippen LogP contribution in [0.2, 0.25) is 0 Å². The highest BCUT2D eigenvalue weighted by molar-refractivity contribution is 6.22. The van der Waals surface area contributed by atoms with Crippen molar-refractivity contribution in [2.24, 2.45) is 0 Å². The van der Waals surface area contributed by atoms with Gasteiger partial charge in [-0.2, -0.15) is 0 Å². The average Bonchev–Trinajstić information content (AvgIpc) is 2.36. The zero-order valence-electron chi connectivity index (χ0n) is 8.35. The Hall–Kier alpha value is -1.80. The summed E-state index contributed by atoms with van der Waals surface area (Å²) in [6.07, 6.45) is 0. The van der Waals surface area contributed by atoms with Crippen molar-refractivity contribution < 1.29 is 0 Å². The van der Waals surface area contributed by atoms with E-state index in [0.29, 0.717) is 10.8 Å². The van der Waals surface area contributed by atoms with Crippen LogP contribution in [-0.4, -0.2) is 4.09 Å². The summed E-state index contributed by atoms with van der Waals surface area (Å²) in [4.78, 5) is 12.2. The zero-order chi connectivity index (χ0) is 11.1. The first-order chi connectivity index (χ1) is 7.79. The molecule has 0 aliphatic carbocycles. The van der Waals surface area contributed by atoms with Gasteiger partial charge in [0.2, 0.25) is 0 Å². The Labute approximate surface area is 96.8 Å². The number of aromatic nitrogens is 1. The van der Waals surface area contributed by atoms with Crippen LogP contribution in [0.15, 0.2) is 53.3 Å². The Kier molecular flexibility index (Phi) is 1.98. The van der Waals surface area contributed by atoms with Crippen molar-refractivity contribution in [2.75, 3.05) is 0 Å². The maximum atomic E-state index is 12.2. The fourth-order valence-corrected chi connectivity index (χ4v) is 2.24. The molecule has 0 spiro atoms. The largest absolute Gasteiger partial charge is 0.288 e. The fraction of sp³-hybridized carbons (Fsp3) is 0. The Balaban J connectivity index is 2.73. The molecule has 0 aliphatic rings. The fourth-order valence-electron chi connectivity index (χ4n) is 1.95. The van der Waals surface area contributed by atoms with Gasteiger partial charge in [-0.15, -0.1) is 0 Å². The molecule has 0 bridgehead atoms. The van der Waals surface area contributed by atoms with Crippen LogP contribution in [0.5, 0.6) is 0 Å². The third-order valence-corrected chi connectivity index (χ3v) is 3.08. The van der Waals surface area contributed by atoms with E-state index >= 15 is 0 Å². The van der Waals surface area contributed by atoms with Gasteiger partial charge < -0.3 is 0 Å². The molecule has 0 unspecified atom stereocenters. The van der Waals surface area contributed by atoms with Crippen molar-refractivity contribution >= 4 is 33.6 Å². The monoisotopic (exact) mass is 229 g/mol. The molecule has 0 N–H and O–H groups in total. The molecule has 16 heavy (non-hydrogen) atoms. The molecule has 1 heterocycles. The maximum Gasteiger partial charge on any atom is 0.197 e. The summed E-state index contributed by atoms with van der Waals surface area (Å²) in [5, 5.41) is 1.30. The summed E-state index contributed by atoms with van der Waals surface area (Å²) < 4.78 is 1.53. The number of para-hydroxylation sites is 2. The molecule has 0 saturated heterocycles. The van der Waals surface area contributed by atoms with E-state index in [2.05, 4.69) is 0 Å². The van der Waals surface area contributed by atoms with Crippen molar-refractivity contribution in [1.29, 1.82) is 0 Å². The second-order valence-corrected chi connectivity index (χ2v) is 3.98. The highest BCUT2D eigenvalue weighted by Crippen LogP contribution is 2.19. The van der Waals surface area contributed by atoms with Gasteiger partial charge in [0.15, 0.2) is 5.43 Å². The lowest BCUT2D eigenvalue weighted by molar-refractivity contribution is 1.35. The molecule has 0 amide bonds. The molecule has 2 nitrogen and oxygen atoms in total. The number of nitrogens with zero attached hydrogens (tertiary/aromatic N) is 1. The molecule has 1 aromatic heterocycles. The third kappa shape index (κ3) is 1.17. The van der Waals surface area contributed by atoms with E-state index in [-0.39, 0.29) is 5.43 Å². The lowest BCUT2D eigenvalue weighted by Crippen LogP contribution is -2.06. The van der Waals surface area contributed by atoms with Gasteiger partial charge in [-0.3, -0.25) is 8.88 Å². The Morgan fingerprint density at radius 3 is 1.75 bits per heavy atom. The molecule has 78 valence electrons. The van der Waals surface area contributed by atoms with E-state index in [4.69, 9.17) is 11.8 Å². The summed E-state index contributed by atoms with van der Waals surface area (Å²) in [6.45, 7) is 0. The van der Waals surface area contributed by atoms with E-state index in [1.165, 1.54) is 4.09 Å². The lowest BCUT2D eigenvalue weighted by Gasteiger charge is -2.06. The molecule has 2 aromatic carbocycles. The highest BCUT2D eigenvalue weighted by atomic mass is 35.5. The molecule has 0 aliphatic heterocycles. The number of pyridine rings is 1. The number of benzene rings is 2. The number of halogens is 1. The number of hydrogen-bond acceptors (Lipinski definition) is 1. The number of fused-ring (bicyclic) bond motifs is 2. The Bertz CT molecular complexity index is 686. The Morgan fingerprint density at radius 1 is 0.812 bits per heavy atom. The number of rotatable bonds is 0. The van der Waals surface area contributed by atoms with Gasteiger partial charge in [-0.25, -0.2) is 0 Å². The van der Waals surface area contributed by atoms with Crippen LogP contribution in [0.1, 0.15) is 0 Å². The van der Waals surface area contributed by atoms with Crippen molar-refractivity contribution in [3.63, 3.8) is 0 Å². The molecular formula is C13H8ClNO. The van der Waals surface area contributed by atoms with Crippen molar-refractivity contribution in [2.45, 2.75) is 0 Å². The molecule has 0 saturated carbocycles. The summed E-state index contributed by atoms with van der Waals surface area (Å²) in [7, 11) is 0. The number of hydrogen-bond donors (Lipinski definition) is 0. The molecule has 3 rings (SSSR count). The maximum absolute atomic E-state index is 12.2. The molecular weight excluding hydrogens is 222 g/mol. The van der Waals surface area contributed by atoms with Gasteiger partial charge in [0.05, 0.1) is 11.0 Å². The molecule has 0 radical (unpaired) electrons. The normalized spacial score (nSPS) is 11.1. The Morgan fingerprint density at radius 2 is 1.25 bits per heavy atom. The summed E-state index contributed by atoms with van der Waals surface area (Å²) in [5.41, 5.74) is 1.52. The van der Waals surface area contributed by atoms with E-state index in [1.807, 2.05) is 36.4 Å². The van der Waals surface area contributed by atoms with E-state index in [0.717, 1.165) is 11.0 Å². The minimum atomic E-state index is 0.0306. The van der Waals surface area contributed by atoms with Crippen LogP contribution in [0.25, 0.3) is 21.8 Å². The van der Waals surface area contributed by atoms with Crippen LogP contribution < -0.4 is 5.43 Å². The van der Waals surface area contributed by atoms with Crippen LogP contribution in [-0.2, 0) is 0 Å². The summed E-state index contributed by atoms with van der Waals surface area (Å²) in [6, 6.07) is 14.7. The van der Waals surface area contributed by atoms with Gasteiger partial charge in [-0.1, -0.05) is 24.3 Å². The lowest BCUT2D eigenvalue weighted by atomic mass is 10.1. The minimum Gasteiger partial charge on any atom is -0.288 e. The summed E-state index contributed by atoms with van der Waals surface area (Å²) >= 11 is 6.22. The van der Waals surface area contributed by atoms with E-state index in [9.17, 15) is 4.79 Å². The van der Waals surface area contributed by atoms with Gasteiger partial charge in [0.25, 0.3) is 0 Å². The first kappa shape index (κ1) is 9.43. The second-order valence-electron chi connectivity index (χ2n) is 3.64. The van der Waals surface area contributed by atoms with Gasteiger partial charge in [0, 0.05) is 22.5 Å². The molecule has 3 aromatic rings. The standard InChI is InChI=1S/C13H8ClNO/c14-15-11-7-3-1-5-9(11)13(16)10-6-2-4-8-12(10)15/h1-8H. The summed E-state index contributed by atoms with van der Waals surface area (Å²) in [5.74, 6) is 0. The minimum absolute atomic E-state index is 0.0306. The van der Waals surface area contributed by atoms with Gasteiger partial charge in [-0.05, 0) is 24.3 Å². The van der Waals surface area contributed by atoms with Gasteiger partial charge >= 0.3 is 0 Å². The van der Waals surface area contributed by atoms with Crippen LogP contribution >= 0.6 is 11.8 Å². The predicted octanol–water partition coefficient (Wildman–Crippen LogP) is 3.16. The van der Waals surface area contributed by atoms with Gasteiger partial charge in [0.1, 0.15) is 0 Å². The average molecular weight is 230 g/mol. The second kappa shape index (κ2) is 3.35. The zero-order valence-corrected chi connectivity index (χ0v) is 9.11. The van der Waals surface area contributed by atoms with Crippen LogP contribution in [0.3, 0.4) is 0 Å². The van der Waals surface area contributed by atoms with E-state index in [1.54, 1.807) is 12.1 Å². The first-order valence-corrected chi connectivity index (χ1v) is 5.31. The molecule has 0 fully saturated rings. The molecule has 3 heteroatoms.